The summed E-state index contributed by atoms with van der Waals surface area (Å²) >= 11 is 0. The summed E-state index contributed by atoms with van der Waals surface area (Å²) in [6, 6.07) is 0. The van der Waals surface area contributed by atoms with E-state index in [0.29, 0.717) is 19.6 Å². The van der Waals surface area contributed by atoms with Crippen LogP contribution in [0.2, 0.25) is 0 Å². The van der Waals surface area contributed by atoms with Crippen molar-refractivity contribution in [2.45, 2.75) is 12.8 Å². The fraction of sp³-hybridized carbons (Fsp3) is 0.692. The Bertz CT molecular complexity index is 305. The highest BCUT2D eigenvalue weighted by Gasteiger charge is 2.23. The van der Waals surface area contributed by atoms with Crippen LogP contribution in [0.15, 0.2) is 12.2 Å². The van der Waals surface area contributed by atoms with Crippen LogP contribution in [0.4, 0.5) is 0 Å². The molecule has 0 aromatic heterocycles. The van der Waals surface area contributed by atoms with Crippen molar-refractivity contribution >= 4 is 12.2 Å². The van der Waals surface area contributed by atoms with Gasteiger partial charge in [0, 0.05) is 26.2 Å². The molecule has 1 rings (SSSR count). The molecule has 0 radical (unpaired) electrons. The van der Waals surface area contributed by atoms with Gasteiger partial charge in [0.05, 0.1) is 6.54 Å². The van der Waals surface area contributed by atoms with E-state index >= 15 is 0 Å². The number of allylic oxidation sites excluding steroid dienone is 1. The molecule has 1 fully saturated rings. The molecule has 0 aromatic carbocycles. The Morgan fingerprint density at radius 3 is 3.00 bits per heavy atom. The van der Waals surface area contributed by atoms with E-state index < -0.39 is 0 Å². The minimum atomic E-state index is 0.0927. The fourth-order valence-corrected chi connectivity index (χ4v) is 2.13. The first-order chi connectivity index (χ1) is 8.67. The molecule has 1 aliphatic rings. The van der Waals surface area contributed by atoms with E-state index in [1.54, 1.807) is 6.08 Å². The molecule has 0 spiro atoms. The Labute approximate surface area is 108 Å². The summed E-state index contributed by atoms with van der Waals surface area (Å²) < 4.78 is 0. The van der Waals surface area contributed by atoms with Crippen LogP contribution in [0.1, 0.15) is 12.8 Å². The maximum absolute atomic E-state index is 12.0. The minimum absolute atomic E-state index is 0.0927. The van der Waals surface area contributed by atoms with Crippen LogP contribution >= 0.6 is 0 Å². The summed E-state index contributed by atoms with van der Waals surface area (Å²) in [6.07, 6.45) is 5.85. The van der Waals surface area contributed by atoms with Crippen LogP contribution in [0.5, 0.6) is 0 Å². The number of rotatable bonds is 6. The van der Waals surface area contributed by atoms with Gasteiger partial charge >= 0.3 is 0 Å². The van der Waals surface area contributed by atoms with Crippen molar-refractivity contribution in [2.24, 2.45) is 5.92 Å². The van der Waals surface area contributed by atoms with Crippen LogP contribution < -0.4 is 0 Å². The molecule has 1 heterocycles. The van der Waals surface area contributed by atoms with E-state index in [2.05, 4.69) is 0 Å². The number of hydrogen-bond donors (Lipinski definition) is 1. The predicted octanol–water partition coefficient (Wildman–Crippen LogP) is -0.0958. The van der Waals surface area contributed by atoms with Gasteiger partial charge in [0.1, 0.15) is 6.29 Å². The van der Waals surface area contributed by atoms with Crippen molar-refractivity contribution in [1.29, 1.82) is 0 Å². The number of carbonyl (C=O) groups excluding carboxylic acids is 2. The molecule has 1 aliphatic heterocycles. The number of aliphatic hydroxyl groups is 1. The maximum atomic E-state index is 12.0. The summed E-state index contributed by atoms with van der Waals surface area (Å²) in [7, 11) is 1.85. The van der Waals surface area contributed by atoms with Crippen molar-refractivity contribution < 1.29 is 14.7 Å². The lowest BCUT2D eigenvalue weighted by Gasteiger charge is -2.32. The maximum Gasteiger partial charge on any atom is 0.236 e. The molecule has 0 saturated carbocycles. The van der Waals surface area contributed by atoms with Crippen LogP contribution in [0.3, 0.4) is 0 Å². The molecule has 0 aliphatic carbocycles. The molecule has 5 nitrogen and oxygen atoms in total. The van der Waals surface area contributed by atoms with Gasteiger partial charge in [-0.3, -0.25) is 14.5 Å². The monoisotopic (exact) mass is 254 g/mol. The first kappa shape index (κ1) is 14.9. The fourth-order valence-electron chi connectivity index (χ4n) is 2.13. The lowest BCUT2D eigenvalue weighted by molar-refractivity contribution is -0.134. The molecule has 1 saturated heterocycles. The Morgan fingerprint density at radius 2 is 2.33 bits per heavy atom. The van der Waals surface area contributed by atoms with E-state index in [1.807, 2.05) is 16.8 Å². The zero-order valence-corrected chi connectivity index (χ0v) is 10.9. The summed E-state index contributed by atoms with van der Waals surface area (Å²) in [6.45, 7) is 2.53. The van der Waals surface area contributed by atoms with E-state index in [0.717, 1.165) is 25.7 Å². The van der Waals surface area contributed by atoms with Gasteiger partial charge in [0.25, 0.3) is 0 Å². The molecule has 18 heavy (non-hydrogen) atoms. The Morgan fingerprint density at radius 1 is 1.56 bits per heavy atom. The molecule has 1 atom stereocenters. The highest BCUT2D eigenvalue weighted by molar-refractivity contribution is 5.78. The topological polar surface area (TPSA) is 60.9 Å². The quantitative estimate of drug-likeness (QED) is 0.531. The third-order valence-corrected chi connectivity index (χ3v) is 3.17. The predicted molar refractivity (Wildman–Crippen MR) is 69.1 cm³/mol. The molecule has 0 aromatic rings. The highest BCUT2D eigenvalue weighted by Crippen LogP contribution is 2.15. The first-order valence-corrected chi connectivity index (χ1v) is 6.34. The van der Waals surface area contributed by atoms with Crippen molar-refractivity contribution in [1.82, 2.24) is 9.80 Å². The third-order valence-electron chi connectivity index (χ3n) is 3.17. The van der Waals surface area contributed by atoms with E-state index in [4.69, 9.17) is 5.11 Å². The van der Waals surface area contributed by atoms with Gasteiger partial charge in [-0.2, -0.15) is 0 Å². The van der Waals surface area contributed by atoms with Gasteiger partial charge in [-0.25, -0.2) is 0 Å². The van der Waals surface area contributed by atoms with Crippen LogP contribution in [0, 0.1) is 5.92 Å². The standard InChI is InChI=1S/C13H22N2O3/c1-14(6-2-3-8-16)10-13(18)15-7-4-5-12(9-15)11-17/h2-3,8,12,17H,4-7,9-11H2,1H3/b3-2+. The number of piperidine rings is 1. The minimum Gasteiger partial charge on any atom is -0.396 e. The lowest BCUT2D eigenvalue weighted by atomic mass is 9.99. The van der Waals surface area contributed by atoms with E-state index in [9.17, 15) is 9.59 Å². The number of aliphatic hydroxyl groups excluding tert-OH is 1. The number of likely N-dealkylation sites (N-methyl/N-ethyl adjacent to an activating group) is 1. The van der Waals surface area contributed by atoms with Crippen LogP contribution in [-0.2, 0) is 9.59 Å². The van der Waals surface area contributed by atoms with Gasteiger partial charge in [-0.05, 0) is 31.9 Å². The largest absolute Gasteiger partial charge is 0.396 e. The zero-order chi connectivity index (χ0) is 13.4. The molecule has 1 unspecified atom stereocenters. The van der Waals surface area contributed by atoms with Crippen LogP contribution in [0.25, 0.3) is 0 Å². The molecular formula is C13H22N2O3. The van der Waals surface area contributed by atoms with Gasteiger partial charge in [0.15, 0.2) is 0 Å². The number of hydrogen-bond acceptors (Lipinski definition) is 4. The van der Waals surface area contributed by atoms with Crippen molar-refractivity contribution in [3.8, 4) is 0 Å². The average molecular weight is 254 g/mol. The normalized spacial score (nSPS) is 20.6. The molecule has 102 valence electrons. The number of aldehydes is 1. The second-order valence-electron chi connectivity index (χ2n) is 4.79. The molecule has 1 amide bonds. The van der Waals surface area contributed by atoms with Gasteiger partial charge in [-0.15, -0.1) is 0 Å². The molecule has 5 heteroatoms. The Kier molecular flexibility index (Phi) is 6.60. The zero-order valence-electron chi connectivity index (χ0n) is 10.9. The third kappa shape index (κ3) is 4.98. The van der Waals surface area contributed by atoms with Gasteiger partial charge < -0.3 is 10.0 Å². The smallest absolute Gasteiger partial charge is 0.236 e. The van der Waals surface area contributed by atoms with Crippen LogP contribution in [-0.4, -0.2) is 66.9 Å². The average Bonchev–Trinajstić information content (AvgIpc) is 2.39. The van der Waals surface area contributed by atoms with E-state index in [1.165, 1.54) is 6.08 Å². The number of nitrogens with zero attached hydrogens (tertiary/aromatic N) is 2. The second kappa shape index (κ2) is 8.00. The summed E-state index contributed by atoms with van der Waals surface area (Å²) in [5.41, 5.74) is 0. The molecule has 0 bridgehead atoms. The second-order valence-corrected chi connectivity index (χ2v) is 4.79. The van der Waals surface area contributed by atoms with Crippen molar-refractivity contribution in [2.75, 3.05) is 39.8 Å². The number of amides is 1. The molecule has 1 N–H and O–H groups in total. The Balaban J connectivity index is 2.34. The number of likely N-dealkylation sites (tertiary alicyclic amines) is 1. The molecular weight excluding hydrogens is 232 g/mol. The summed E-state index contributed by atoms with van der Waals surface area (Å²) in [5.74, 6) is 0.318. The van der Waals surface area contributed by atoms with Gasteiger partial charge in [-0.1, -0.05) is 6.08 Å². The number of carbonyl (C=O) groups is 2. The first-order valence-electron chi connectivity index (χ1n) is 6.34. The van der Waals surface area contributed by atoms with Crippen molar-refractivity contribution in [3.63, 3.8) is 0 Å². The summed E-state index contributed by atoms with van der Waals surface area (Å²) in [4.78, 5) is 25.8. The van der Waals surface area contributed by atoms with Crippen molar-refractivity contribution in [3.05, 3.63) is 12.2 Å². The SMILES string of the molecule is CN(C/C=C/C=O)CC(=O)N1CCCC(CO)C1. The lowest BCUT2D eigenvalue weighted by Crippen LogP contribution is -2.45. The Hall–Kier alpha value is -1.20. The summed E-state index contributed by atoms with van der Waals surface area (Å²) in [5, 5.41) is 9.13. The van der Waals surface area contributed by atoms with Gasteiger partial charge in [0.2, 0.25) is 5.91 Å². The highest BCUT2D eigenvalue weighted by atomic mass is 16.3. The van der Waals surface area contributed by atoms with E-state index in [-0.39, 0.29) is 18.4 Å².